The summed E-state index contributed by atoms with van der Waals surface area (Å²) in [7, 11) is 3.71. The molecule has 1 aromatic carbocycles. The van der Waals surface area contributed by atoms with E-state index in [9.17, 15) is 4.79 Å². The summed E-state index contributed by atoms with van der Waals surface area (Å²) >= 11 is 0. The van der Waals surface area contributed by atoms with E-state index in [4.69, 9.17) is 4.74 Å². The predicted molar refractivity (Wildman–Crippen MR) is 71.0 cm³/mol. The average molecular weight is 248 g/mol. The molecule has 98 valence electrons. The molecule has 0 unspecified atom stereocenters. The Kier molecular flexibility index (Phi) is 4.20. The van der Waals surface area contributed by atoms with Gasteiger partial charge in [-0.25, -0.2) is 0 Å². The van der Waals surface area contributed by atoms with Gasteiger partial charge in [-0.05, 0) is 38.2 Å². The fourth-order valence-electron chi connectivity index (χ4n) is 2.19. The monoisotopic (exact) mass is 248 g/mol. The molecule has 18 heavy (non-hydrogen) atoms. The van der Waals surface area contributed by atoms with Crippen molar-refractivity contribution >= 4 is 5.91 Å². The minimum atomic E-state index is 0.101. The van der Waals surface area contributed by atoms with E-state index in [1.165, 1.54) is 0 Å². The van der Waals surface area contributed by atoms with E-state index in [0.29, 0.717) is 5.56 Å². The zero-order valence-electron chi connectivity index (χ0n) is 11.1. The zero-order chi connectivity index (χ0) is 13.0. The molecule has 1 heterocycles. The SMILES string of the molecule is COc1cccc(C(=O)N2CCCN(C)CC2)c1. The van der Waals surface area contributed by atoms with E-state index in [0.717, 1.165) is 38.3 Å². The van der Waals surface area contributed by atoms with Crippen LogP contribution in [0.4, 0.5) is 0 Å². The number of ether oxygens (including phenoxy) is 1. The van der Waals surface area contributed by atoms with Gasteiger partial charge in [0.05, 0.1) is 7.11 Å². The van der Waals surface area contributed by atoms with Gasteiger partial charge >= 0.3 is 0 Å². The number of carbonyl (C=O) groups is 1. The maximum absolute atomic E-state index is 12.4. The van der Waals surface area contributed by atoms with E-state index in [1.54, 1.807) is 13.2 Å². The molecule has 1 saturated heterocycles. The summed E-state index contributed by atoms with van der Waals surface area (Å²) in [5.41, 5.74) is 0.707. The largest absolute Gasteiger partial charge is 0.497 e. The van der Waals surface area contributed by atoms with Crippen LogP contribution in [0.25, 0.3) is 0 Å². The van der Waals surface area contributed by atoms with Gasteiger partial charge in [-0.3, -0.25) is 4.79 Å². The summed E-state index contributed by atoms with van der Waals surface area (Å²) in [5, 5.41) is 0. The molecule has 0 aromatic heterocycles. The maximum atomic E-state index is 12.4. The highest BCUT2D eigenvalue weighted by Crippen LogP contribution is 2.15. The second-order valence-electron chi connectivity index (χ2n) is 4.68. The second-order valence-corrected chi connectivity index (χ2v) is 4.68. The molecule has 4 heteroatoms. The summed E-state index contributed by atoms with van der Waals surface area (Å²) in [6.45, 7) is 3.63. The Morgan fingerprint density at radius 3 is 2.83 bits per heavy atom. The number of hydrogen-bond acceptors (Lipinski definition) is 3. The lowest BCUT2D eigenvalue weighted by Crippen LogP contribution is -2.34. The first-order valence-corrected chi connectivity index (χ1v) is 6.32. The molecule has 0 atom stereocenters. The standard InChI is InChI=1S/C14H20N2O2/c1-15-7-4-8-16(10-9-15)14(17)12-5-3-6-13(11-12)18-2/h3,5-6,11H,4,7-10H2,1-2H3. The summed E-state index contributed by atoms with van der Waals surface area (Å²) in [6, 6.07) is 7.36. The van der Waals surface area contributed by atoms with Crippen molar-refractivity contribution in [2.75, 3.05) is 40.3 Å². The number of rotatable bonds is 2. The number of amides is 1. The molecule has 0 saturated carbocycles. The van der Waals surface area contributed by atoms with Gasteiger partial charge in [-0.2, -0.15) is 0 Å². The van der Waals surface area contributed by atoms with E-state index in [-0.39, 0.29) is 5.91 Å². The number of likely N-dealkylation sites (N-methyl/N-ethyl adjacent to an activating group) is 1. The van der Waals surface area contributed by atoms with Crippen LogP contribution in [0.15, 0.2) is 24.3 Å². The van der Waals surface area contributed by atoms with Crippen LogP contribution in [0.5, 0.6) is 5.75 Å². The van der Waals surface area contributed by atoms with E-state index < -0.39 is 0 Å². The highest BCUT2D eigenvalue weighted by molar-refractivity contribution is 5.94. The molecular weight excluding hydrogens is 228 g/mol. The molecule has 0 aliphatic carbocycles. The highest BCUT2D eigenvalue weighted by atomic mass is 16.5. The molecule has 1 fully saturated rings. The van der Waals surface area contributed by atoms with Crippen molar-refractivity contribution in [2.45, 2.75) is 6.42 Å². The number of benzene rings is 1. The van der Waals surface area contributed by atoms with Gasteiger partial charge in [-0.15, -0.1) is 0 Å². The third-order valence-corrected chi connectivity index (χ3v) is 3.32. The van der Waals surface area contributed by atoms with Crippen LogP contribution in [0.3, 0.4) is 0 Å². The van der Waals surface area contributed by atoms with E-state index in [1.807, 2.05) is 23.1 Å². The quantitative estimate of drug-likeness (QED) is 0.794. The molecule has 4 nitrogen and oxygen atoms in total. The first-order chi connectivity index (χ1) is 8.70. The summed E-state index contributed by atoms with van der Waals surface area (Å²) in [5.74, 6) is 0.831. The van der Waals surface area contributed by atoms with Crippen LogP contribution in [0.1, 0.15) is 16.8 Å². The molecule has 0 bridgehead atoms. The lowest BCUT2D eigenvalue weighted by Gasteiger charge is -2.20. The molecule has 0 spiro atoms. The van der Waals surface area contributed by atoms with Gasteiger partial charge in [0.1, 0.15) is 5.75 Å². The van der Waals surface area contributed by atoms with Crippen LogP contribution in [0, 0.1) is 0 Å². The first kappa shape index (κ1) is 12.9. The van der Waals surface area contributed by atoms with Gasteiger partial charge in [-0.1, -0.05) is 6.07 Å². The zero-order valence-corrected chi connectivity index (χ0v) is 11.1. The second kappa shape index (κ2) is 5.87. The van der Waals surface area contributed by atoms with Crippen LogP contribution in [-0.2, 0) is 0 Å². The van der Waals surface area contributed by atoms with Crippen LogP contribution < -0.4 is 4.74 Å². The van der Waals surface area contributed by atoms with Crippen molar-refractivity contribution in [2.24, 2.45) is 0 Å². The van der Waals surface area contributed by atoms with Gasteiger partial charge in [0.25, 0.3) is 5.91 Å². The fraction of sp³-hybridized carbons (Fsp3) is 0.500. The predicted octanol–water partition coefficient (Wildman–Crippen LogP) is 1.47. The Hall–Kier alpha value is -1.55. The topological polar surface area (TPSA) is 32.8 Å². The van der Waals surface area contributed by atoms with Crippen molar-refractivity contribution in [3.05, 3.63) is 29.8 Å². The molecule has 0 radical (unpaired) electrons. The van der Waals surface area contributed by atoms with Crippen molar-refractivity contribution in [3.8, 4) is 5.75 Å². The van der Waals surface area contributed by atoms with E-state index in [2.05, 4.69) is 11.9 Å². The smallest absolute Gasteiger partial charge is 0.254 e. The van der Waals surface area contributed by atoms with E-state index >= 15 is 0 Å². The third-order valence-electron chi connectivity index (χ3n) is 3.32. The number of nitrogens with zero attached hydrogens (tertiary/aromatic N) is 2. The van der Waals surface area contributed by atoms with Crippen LogP contribution in [0.2, 0.25) is 0 Å². The first-order valence-electron chi connectivity index (χ1n) is 6.32. The number of carbonyl (C=O) groups excluding carboxylic acids is 1. The molecule has 2 rings (SSSR count). The Morgan fingerprint density at radius 2 is 2.06 bits per heavy atom. The minimum absolute atomic E-state index is 0.101. The molecular formula is C14H20N2O2. The molecule has 1 amide bonds. The lowest BCUT2D eigenvalue weighted by atomic mass is 10.2. The van der Waals surface area contributed by atoms with Crippen molar-refractivity contribution < 1.29 is 9.53 Å². The highest BCUT2D eigenvalue weighted by Gasteiger charge is 2.18. The third kappa shape index (κ3) is 3.01. The summed E-state index contributed by atoms with van der Waals surface area (Å²) in [6.07, 6.45) is 1.03. The Labute approximate surface area is 108 Å². The minimum Gasteiger partial charge on any atom is -0.497 e. The number of hydrogen-bond donors (Lipinski definition) is 0. The Morgan fingerprint density at radius 1 is 1.22 bits per heavy atom. The Balaban J connectivity index is 2.09. The maximum Gasteiger partial charge on any atom is 0.254 e. The molecule has 0 N–H and O–H groups in total. The average Bonchev–Trinajstić information content (AvgIpc) is 2.63. The van der Waals surface area contributed by atoms with Gasteiger partial charge in [0.15, 0.2) is 0 Å². The van der Waals surface area contributed by atoms with Crippen molar-refractivity contribution in [1.29, 1.82) is 0 Å². The molecule has 1 aromatic rings. The van der Waals surface area contributed by atoms with Gasteiger partial charge < -0.3 is 14.5 Å². The number of methoxy groups -OCH3 is 1. The van der Waals surface area contributed by atoms with Gasteiger partial charge in [0, 0.05) is 25.2 Å². The van der Waals surface area contributed by atoms with Crippen LogP contribution >= 0.6 is 0 Å². The fourth-order valence-corrected chi connectivity index (χ4v) is 2.19. The normalized spacial score (nSPS) is 17.3. The summed E-state index contributed by atoms with van der Waals surface area (Å²) < 4.78 is 5.16. The summed E-state index contributed by atoms with van der Waals surface area (Å²) in [4.78, 5) is 16.6. The van der Waals surface area contributed by atoms with Crippen LogP contribution in [-0.4, -0.2) is 56.0 Å². The molecule has 1 aliphatic rings. The molecule has 1 aliphatic heterocycles. The lowest BCUT2D eigenvalue weighted by molar-refractivity contribution is 0.0762. The van der Waals surface area contributed by atoms with Crippen molar-refractivity contribution in [1.82, 2.24) is 9.80 Å². The van der Waals surface area contributed by atoms with Gasteiger partial charge in [0.2, 0.25) is 0 Å². The van der Waals surface area contributed by atoms with Crippen molar-refractivity contribution in [3.63, 3.8) is 0 Å². The Bertz CT molecular complexity index is 420.